The molecule has 2 heterocycles. The van der Waals surface area contributed by atoms with Crippen molar-refractivity contribution < 1.29 is 5.11 Å². The average Bonchev–Trinajstić information content (AvgIpc) is 2.74. The zero-order chi connectivity index (χ0) is 11.9. The van der Waals surface area contributed by atoms with Gasteiger partial charge in [0.05, 0.1) is 12.1 Å². The molecule has 4 heteroatoms. The SMILES string of the molecule is C[C@@H]1CN(Cc2nccs2)C[C@@]1(O)C1CCC1. The molecule has 1 N–H and O–H groups in total. The van der Waals surface area contributed by atoms with Crippen LogP contribution in [0.2, 0.25) is 0 Å². The molecule has 2 fully saturated rings. The third-order valence-corrected chi connectivity index (χ3v) is 5.28. The summed E-state index contributed by atoms with van der Waals surface area (Å²) in [7, 11) is 0. The van der Waals surface area contributed by atoms with Crippen LogP contribution >= 0.6 is 11.3 Å². The number of nitrogens with zero attached hydrogens (tertiary/aromatic N) is 2. The van der Waals surface area contributed by atoms with Crippen LogP contribution in [0.25, 0.3) is 0 Å². The molecule has 0 unspecified atom stereocenters. The fourth-order valence-electron chi connectivity index (χ4n) is 3.21. The van der Waals surface area contributed by atoms with Gasteiger partial charge in [-0.3, -0.25) is 4.90 Å². The molecule has 3 rings (SSSR count). The van der Waals surface area contributed by atoms with Gasteiger partial charge in [-0.15, -0.1) is 11.3 Å². The molecule has 2 atom stereocenters. The molecule has 0 radical (unpaired) electrons. The predicted octanol–water partition coefficient (Wildman–Crippen LogP) is 2.13. The van der Waals surface area contributed by atoms with Crippen molar-refractivity contribution in [2.75, 3.05) is 13.1 Å². The quantitative estimate of drug-likeness (QED) is 0.895. The normalized spacial score (nSPS) is 35.1. The first-order chi connectivity index (χ1) is 8.18. The van der Waals surface area contributed by atoms with Gasteiger partial charge in [0.25, 0.3) is 0 Å². The summed E-state index contributed by atoms with van der Waals surface area (Å²) in [4.78, 5) is 6.69. The minimum atomic E-state index is -0.435. The number of hydrogen-bond donors (Lipinski definition) is 1. The minimum absolute atomic E-state index is 0.396. The molecule has 1 aliphatic heterocycles. The molecule has 2 aliphatic rings. The Morgan fingerprint density at radius 1 is 1.59 bits per heavy atom. The molecule has 1 aromatic heterocycles. The smallest absolute Gasteiger partial charge is 0.107 e. The van der Waals surface area contributed by atoms with Crippen LogP contribution in [-0.2, 0) is 6.54 Å². The van der Waals surface area contributed by atoms with Crippen molar-refractivity contribution in [3.8, 4) is 0 Å². The average molecular weight is 252 g/mol. The Labute approximate surface area is 106 Å². The Hall–Kier alpha value is -0.450. The van der Waals surface area contributed by atoms with Gasteiger partial charge in [-0.2, -0.15) is 0 Å². The highest BCUT2D eigenvalue weighted by Gasteiger charge is 2.49. The second-order valence-corrected chi connectivity index (χ2v) is 6.59. The largest absolute Gasteiger partial charge is 0.388 e. The third-order valence-electron chi connectivity index (χ3n) is 4.52. The Balaban J connectivity index is 1.66. The lowest BCUT2D eigenvalue weighted by molar-refractivity contribution is -0.0672. The van der Waals surface area contributed by atoms with E-state index in [-0.39, 0.29) is 0 Å². The highest BCUT2D eigenvalue weighted by molar-refractivity contribution is 7.09. The zero-order valence-electron chi connectivity index (χ0n) is 10.3. The monoisotopic (exact) mass is 252 g/mol. The first kappa shape index (κ1) is 11.6. The van der Waals surface area contributed by atoms with E-state index in [0.717, 1.165) is 24.6 Å². The standard InChI is InChI=1S/C13H20N2OS/c1-10-7-15(8-12-14-5-6-17-12)9-13(10,16)11-3-2-4-11/h5-6,10-11,16H,2-4,7-9H2,1H3/t10-,13+/m1/s1. The van der Waals surface area contributed by atoms with E-state index in [1.165, 1.54) is 19.3 Å². The lowest BCUT2D eigenvalue weighted by Gasteiger charge is -2.41. The van der Waals surface area contributed by atoms with Gasteiger partial charge in [0.2, 0.25) is 0 Å². The van der Waals surface area contributed by atoms with Gasteiger partial charge in [-0.25, -0.2) is 4.98 Å². The lowest BCUT2D eigenvalue weighted by Crippen LogP contribution is -2.47. The van der Waals surface area contributed by atoms with E-state index in [4.69, 9.17) is 0 Å². The highest BCUT2D eigenvalue weighted by atomic mass is 32.1. The molecule has 17 heavy (non-hydrogen) atoms. The van der Waals surface area contributed by atoms with Crippen LogP contribution in [0.3, 0.4) is 0 Å². The second-order valence-electron chi connectivity index (χ2n) is 5.62. The Morgan fingerprint density at radius 2 is 2.41 bits per heavy atom. The summed E-state index contributed by atoms with van der Waals surface area (Å²) >= 11 is 1.70. The number of hydrogen-bond acceptors (Lipinski definition) is 4. The number of rotatable bonds is 3. The summed E-state index contributed by atoms with van der Waals surface area (Å²) in [6, 6.07) is 0. The van der Waals surface area contributed by atoms with E-state index < -0.39 is 5.60 Å². The molecule has 94 valence electrons. The summed E-state index contributed by atoms with van der Waals surface area (Å²) < 4.78 is 0. The number of β-amino-alcohol motifs (C(OH)–C–C–N with tert-alkyl or cyclic N) is 1. The van der Waals surface area contributed by atoms with E-state index in [1.807, 2.05) is 11.6 Å². The van der Waals surface area contributed by atoms with E-state index in [1.54, 1.807) is 11.3 Å². The maximum absolute atomic E-state index is 10.8. The molecule has 0 bridgehead atoms. The maximum Gasteiger partial charge on any atom is 0.107 e. The number of aromatic nitrogens is 1. The fraction of sp³-hybridized carbons (Fsp3) is 0.769. The Bertz CT molecular complexity index is 377. The van der Waals surface area contributed by atoms with Crippen LogP contribution in [0.5, 0.6) is 0 Å². The minimum Gasteiger partial charge on any atom is -0.388 e. The molecule has 1 saturated carbocycles. The molecule has 3 nitrogen and oxygen atoms in total. The third kappa shape index (κ3) is 2.02. The summed E-state index contributed by atoms with van der Waals surface area (Å²) in [6.45, 7) is 4.93. The molecular weight excluding hydrogens is 232 g/mol. The Morgan fingerprint density at radius 3 is 3.00 bits per heavy atom. The van der Waals surface area contributed by atoms with Gasteiger partial charge in [0.15, 0.2) is 0 Å². The lowest BCUT2D eigenvalue weighted by atomic mass is 9.69. The van der Waals surface area contributed by atoms with Crippen molar-refractivity contribution in [1.82, 2.24) is 9.88 Å². The van der Waals surface area contributed by atoms with Crippen molar-refractivity contribution in [1.29, 1.82) is 0 Å². The van der Waals surface area contributed by atoms with Crippen molar-refractivity contribution >= 4 is 11.3 Å². The predicted molar refractivity (Wildman–Crippen MR) is 68.8 cm³/mol. The zero-order valence-corrected chi connectivity index (χ0v) is 11.1. The maximum atomic E-state index is 10.8. The van der Waals surface area contributed by atoms with Crippen LogP contribution in [0, 0.1) is 11.8 Å². The molecule has 1 saturated heterocycles. The Kier molecular flexibility index (Phi) is 2.97. The fourth-order valence-corrected chi connectivity index (χ4v) is 3.86. The number of aliphatic hydroxyl groups is 1. The van der Waals surface area contributed by atoms with E-state index in [2.05, 4.69) is 16.8 Å². The molecule has 1 aromatic rings. The highest BCUT2D eigenvalue weighted by Crippen LogP contribution is 2.44. The van der Waals surface area contributed by atoms with Crippen LogP contribution in [0.1, 0.15) is 31.2 Å². The van der Waals surface area contributed by atoms with Gasteiger partial charge < -0.3 is 5.11 Å². The summed E-state index contributed by atoms with van der Waals surface area (Å²) in [5, 5.41) is 14.0. The summed E-state index contributed by atoms with van der Waals surface area (Å²) in [6.07, 6.45) is 5.58. The van der Waals surface area contributed by atoms with E-state index in [9.17, 15) is 5.11 Å². The van der Waals surface area contributed by atoms with Crippen LogP contribution in [0.4, 0.5) is 0 Å². The molecular formula is C13H20N2OS. The summed E-state index contributed by atoms with van der Waals surface area (Å²) in [5.41, 5.74) is -0.435. The van der Waals surface area contributed by atoms with Crippen LogP contribution in [-0.4, -0.2) is 33.7 Å². The first-order valence-electron chi connectivity index (χ1n) is 6.51. The number of likely N-dealkylation sites (tertiary alicyclic amines) is 1. The van der Waals surface area contributed by atoms with Gasteiger partial charge in [0, 0.05) is 24.7 Å². The topological polar surface area (TPSA) is 36.4 Å². The summed E-state index contributed by atoms with van der Waals surface area (Å²) in [5.74, 6) is 0.937. The molecule has 0 aromatic carbocycles. The first-order valence-corrected chi connectivity index (χ1v) is 7.39. The van der Waals surface area contributed by atoms with Gasteiger partial charge >= 0.3 is 0 Å². The van der Waals surface area contributed by atoms with Crippen molar-refractivity contribution in [2.24, 2.45) is 11.8 Å². The van der Waals surface area contributed by atoms with Gasteiger partial charge in [-0.05, 0) is 24.7 Å². The van der Waals surface area contributed by atoms with Crippen molar-refractivity contribution in [3.05, 3.63) is 16.6 Å². The van der Waals surface area contributed by atoms with Crippen LogP contribution in [0.15, 0.2) is 11.6 Å². The second kappa shape index (κ2) is 4.34. The van der Waals surface area contributed by atoms with Gasteiger partial charge in [-0.1, -0.05) is 13.3 Å². The number of thiazole rings is 1. The van der Waals surface area contributed by atoms with Gasteiger partial charge in [0.1, 0.15) is 5.01 Å². The molecule has 1 aliphatic carbocycles. The molecule has 0 spiro atoms. The van der Waals surface area contributed by atoms with E-state index in [0.29, 0.717) is 11.8 Å². The molecule has 0 amide bonds. The van der Waals surface area contributed by atoms with Crippen LogP contribution < -0.4 is 0 Å². The van der Waals surface area contributed by atoms with E-state index >= 15 is 0 Å². The van der Waals surface area contributed by atoms with Crippen molar-refractivity contribution in [2.45, 2.75) is 38.3 Å². The van der Waals surface area contributed by atoms with Crippen molar-refractivity contribution in [3.63, 3.8) is 0 Å².